The smallest absolute Gasteiger partial charge is 0.300 e. The molecule has 1 heterocycles. The molecule has 0 spiro atoms. The molecular weight excluding hydrogens is 185 g/mol. The molecule has 0 aliphatic rings. The Balaban J connectivity index is 0.000000213. The van der Waals surface area contributed by atoms with Gasteiger partial charge in [-0.15, -0.1) is 0 Å². The van der Waals surface area contributed by atoms with Crippen molar-refractivity contribution in [2.24, 2.45) is 0 Å². The molecule has 0 aliphatic carbocycles. The summed E-state index contributed by atoms with van der Waals surface area (Å²) in [4.78, 5) is 11.9. The van der Waals surface area contributed by atoms with Crippen LogP contribution in [0.1, 0.15) is 6.92 Å². The van der Waals surface area contributed by atoms with Gasteiger partial charge < -0.3 is 10.1 Å². The van der Waals surface area contributed by atoms with Crippen LogP contribution in [0.15, 0.2) is 30.5 Å². The summed E-state index contributed by atoms with van der Waals surface area (Å²) in [5.74, 6) is -1.03. The van der Waals surface area contributed by atoms with E-state index in [1.54, 1.807) is 12.3 Å². The largest absolute Gasteiger partial charge is 0.481 e. The molecule has 1 aromatic heterocycles. The molecule has 1 aromatic carbocycles. The van der Waals surface area contributed by atoms with Gasteiger partial charge in [-0.3, -0.25) is 4.79 Å². The first-order valence-electron chi connectivity index (χ1n) is 4.02. The van der Waals surface area contributed by atoms with E-state index >= 15 is 0 Å². The van der Waals surface area contributed by atoms with Crippen molar-refractivity contribution < 1.29 is 14.3 Å². The number of rotatable bonds is 0. The molecule has 0 fully saturated rings. The number of benzene rings is 1. The van der Waals surface area contributed by atoms with E-state index in [9.17, 15) is 4.39 Å². The highest BCUT2D eigenvalue weighted by molar-refractivity contribution is 5.78. The molecule has 14 heavy (non-hydrogen) atoms. The van der Waals surface area contributed by atoms with Crippen molar-refractivity contribution in [1.29, 1.82) is 0 Å². The standard InChI is InChI=1S/C8H6FN.C2H4O2/c9-7-2-1-6-3-4-10-8(6)5-7;1-2(3)4/h1-5,10H;1H3,(H,3,4). The zero-order valence-corrected chi connectivity index (χ0v) is 7.62. The molecule has 2 aromatic rings. The van der Waals surface area contributed by atoms with Gasteiger partial charge in [0.25, 0.3) is 5.97 Å². The number of aliphatic carboxylic acids is 1. The molecule has 0 atom stereocenters. The molecule has 2 rings (SSSR count). The number of nitrogens with one attached hydrogen (secondary N) is 1. The molecular formula is C10H10FNO2. The van der Waals surface area contributed by atoms with E-state index < -0.39 is 5.97 Å². The summed E-state index contributed by atoms with van der Waals surface area (Å²) < 4.78 is 12.5. The average molecular weight is 195 g/mol. The van der Waals surface area contributed by atoms with Crippen LogP contribution in [0.5, 0.6) is 0 Å². The maximum Gasteiger partial charge on any atom is 0.300 e. The Labute approximate surface area is 80.2 Å². The van der Waals surface area contributed by atoms with Gasteiger partial charge in [-0.25, -0.2) is 4.39 Å². The molecule has 0 amide bonds. The lowest BCUT2D eigenvalue weighted by Crippen LogP contribution is -1.78. The number of fused-ring (bicyclic) bond motifs is 1. The summed E-state index contributed by atoms with van der Waals surface area (Å²) in [7, 11) is 0. The molecule has 0 radical (unpaired) electrons. The maximum absolute atomic E-state index is 12.5. The molecule has 4 heteroatoms. The summed E-state index contributed by atoms with van der Waals surface area (Å²) in [5, 5.41) is 8.46. The van der Waals surface area contributed by atoms with Gasteiger partial charge in [0, 0.05) is 18.6 Å². The van der Waals surface area contributed by atoms with Crippen LogP contribution in [0.2, 0.25) is 0 Å². The average Bonchev–Trinajstić information content (AvgIpc) is 2.49. The van der Waals surface area contributed by atoms with Crippen molar-refractivity contribution >= 4 is 16.9 Å². The third kappa shape index (κ3) is 2.90. The number of halogens is 1. The van der Waals surface area contributed by atoms with E-state index in [1.807, 2.05) is 6.07 Å². The van der Waals surface area contributed by atoms with Crippen molar-refractivity contribution in [3.05, 3.63) is 36.3 Å². The van der Waals surface area contributed by atoms with E-state index in [-0.39, 0.29) is 5.82 Å². The van der Waals surface area contributed by atoms with E-state index in [0.29, 0.717) is 0 Å². The first kappa shape index (κ1) is 10.2. The van der Waals surface area contributed by atoms with Crippen LogP contribution < -0.4 is 0 Å². The summed E-state index contributed by atoms with van der Waals surface area (Å²) >= 11 is 0. The van der Waals surface area contributed by atoms with Crippen LogP contribution in [0.25, 0.3) is 10.9 Å². The number of aromatic nitrogens is 1. The predicted molar refractivity (Wildman–Crippen MR) is 51.6 cm³/mol. The topological polar surface area (TPSA) is 53.1 Å². The number of carboxylic acid groups (broad SMARTS) is 1. The van der Waals surface area contributed by atoms with Crippen LogP contribution in [0.3, 0.4) is 0 Å². The van der Waals surface area contributed by atoms with Crippen LogP contribution >= 0.6 is 0 Å². The molecule has 0 aliphatic heterocycles. The van der Waals surface area contributed by atoms with Crippen molar-refractivity contribution in [2.75, 3.05) is 0 Å². The third-order valence-electron chi connectivity index (χ3n) is 1.52. The Bertz CT molecular complexity index is 432. The summed E-state index contributed by atoms with van der Waals surface area (Å²) in [6, 6.07) is 6.60. The zero-order valence-electron chi connectivity index (χ0n) is 7.62. The van der Waals surface area contributed by atoms with E-state index in [0.717, 1.165) is 17.8 Å². The summed E-state index contributed by atoms with van der Waals surface area (Å²) in [6.45, 7) is 1.08. The Kier molecular flexibility index (Phi) is 3.23. The number of hydrogen-bond donors (Lipinski definition) is 2. The fraction of sp³-hybridized carbons (Fsp3) is 0.100. The maximum atomic E-state index is 12.5. The van der Waals surface area contributed by atoms with E-state index in [4.69, 9.17) is 9.90 Å². The Morgan fingerprint density at radius 3 is 2.71 bits per heavy atom. The van der Waals surface area contributed by atoms with E-state index in [2.05, 4.69) is 4.98 Å². The van der Waals surface area contributed by atoms with Crippen LogP contribution in [-0.2, 0) is 4.79 Å². The third-order valence-corrected chi connectivity index (χ3v) is 1.52. The number of carboxylic acids is 1. The number of carbonyl (C=O) groups is 1. The molecule has 3 nitrogen and oxygen atoms in total. The molecule has 0 saturated heterocycles. The molecule has 74 valence electrons. The second-order valence-electron chi connectivity index (χ2n) is 2.73. The SMILES string of the molecule is CC(=O)O.Fc1ccc2cc[nH]c2c1. The van der Waals surface area contributed by atoms with Gasteiger partial charge in [0.15, 0.2) is 0 Å². The van der Waals surface area contributed by atoms with Gasteiger partial charge in [-0.05, 0) is 29.7 Å². The first-order valence-corrected chi connectivity index (χ1v) is 4.02. The fourth-order valence-corrected chi connectivity index (χ4v) is 1.02. The summed E-state index contributed by atoms with van der Waals surface area (Å²) in [6.07, 6.45) is 1.80. The second kappa shape index (κ2) is 4.41. The van der Waals surface area contributed by atoms with Crippen molar-refractivity contribution in [1.82, 2.24) is 4.98 Å². The van der Waals surface area contributed by atoms with Gasteiger partial charge in [0.05, 0.1) is 0 Å². The van der Waals surface area contributed by atoms with Gasteiger partial charge in [0.2, 0.25) is 0 Å². The Hall–Kier alpha value is -1.84. The fourth-order valence-electron chi connectivity index (χ4n) is 1.02. The quantitative estimate of drug-likeness (QED) is 0.678. The normalized spacial score (nSPS) is 9.29. The lowest BCUT2D eigenvalue weighted by molar-refractivity contribution is -0.134. The minimum atomic E-state index is -0.833. The summed E-state index contributed by atoms with van der Waals surface area (Å²) in [5.41, 5.74) is 0.847. The minimum absolute atomic E-state index is 0.199. The monoisotopic (exact) mass is 195 g/mol. The number of H-pyrrole nitrogens is 1. The lowest BCUT2D eigenvalue weighted by atomic mass is 10.2. The second-order valence-corrected chi connectivity index (χ2v) is 2.73. The Morgan fingerprint density at radius 1 is 1.43 bits per heavy atom. The van der Waals surface area contributed by atoms with E-state index in [1.165, 1.54) is 12.1 Å². The van der Waals surface area contributed by atoms with Gasteiger partial charge in [-0.2, -0.15) is 0 Å². The van der Waals surface area contributed by atoms with Crippen molar-refractivity contribution in [3.8, 4) is 0 Å². The number of aromatic amines is 1. The first-order chi connectivity index (χ1) is 6.59. The van der Waals surface area contributed by atoms with Gasteiger partial charge in [0.1, 0.15) is 5.82 Å². The van der Waals surface area contributed by atoms with Crippen LogP contribution in [0, 0.1) is 5.82 Å². The molecule has 2 N–H and O–H groups in total. The minimum Gasteiger partial charge on any atom is -0.481 e. The zero-order chi connectivity index (χ0) is 10.6. The number of hydrogen-bond acceptors (Lipinski definition) is 1. The highest BCUT2D eigenvalue weighted by atomic mass is 19.1. The van der Waals surface area contributed by atoms with Crippen molar-refractivity contribution in [3.63, 3.8) is 0 Å². The molecule has 0 saturated carbocycles. The highest BCUT2D eigenvalue weighted by Gasteiger charge is 1.93. The molecule has 0 unspecified atom stereocenters. The van der Waals surface area contributed by atoms with Crippen LogP contribution in [0.4, 0.5) is 4.39 Å². The van der Waals surface area contributed by atoms with Gasteiger partial charge >= 0.3 is 0 Å². The highest BCUT2D eigenvalue weighted by Crippen LogP contribution is 2.12. The predicted octanol–water partition coefficient (Wildman–Crippen LogP) is 2.40. The molecule has 0 bridgehead atoms. The van der Waals surface area contributed by atoms with Gasteiger partial charge in [-0.1, -0.05) is 0 Å². The van der Waals surface area contributed by atoms with Crippen molar-refractivity contribution in [2.45, 2.75) is 6.92 Å². The van der Waals surface area contributed by atoms with Crippen LogP contribution in [-0.4, -0.2) is 16.1 Å². The Morgan fingerprint density at radius 2 is 2.07 bits per heavy atom. The lowest BCUT2D eigenvalue weighted by Gasteiger charge is -1.87.